The van der Waals surface area contributed by atoms with Crippen molar-refractivity contribution in [1.29, 1.82) is 0 Å². The van der Waals surface area contributed by atoms with Gasteiger partial charge in [0.1, 0.15) is 0 Å². The van der Waals surface area contributed by atoms with E-state index in [9.17, 15) is 4.79 Å². The zero-order valence-corrected chi connectivity index (χ0v) is 15.9. The van der Waals surface area contributed by atoms with Crippen molar-refractivity contribution < 1.29 is 9.53 Å². The van der Waals surface area contributed by atoms with E-state index >= 15 is 0 Å². The van der Waals surface area contributed by atoms with Crippen LogP contribution >= 0.6 is 11.8 Å². The number of likely N-dealkylation sites (tertiary alicyclic amines) is 1. The summed E-state index contributed by atoms with van der Waals surface area (Å²) in [5, 5.41) is 0.900. The molecule has 1 amide bonds. The lowest BCUT2D eigenvalue weighted by atomic mass is 10.0. The van der Waals surface area contributed by atoms with Crippen molar-refractivity contribution in [3.05, 3.63) is 24.3 Å². The van der Waals surface area contributed by atoms with Crippen molar-refractivity contribution >= 4 is 28.7 Å². The molecule has 5 nitrogen and oxygen atoms in total. The lowest BCUT2D eigenvalue weighted by Crippen LogP contribution is -2.44. The normalized spacial score (nSPS) is 18.0. The summed E-state index contributed by atoms with van der Waals surface area (Å²) < 4.78 is 7.39. The molecule has 0 aliphatic carbocycles. The minimum absolute atomic E-state index is 0.238. The van der Waals surface area contributed by atoms with Gasteiger partial charge in [0.2, 0.25) is 5.91 Å². The zero-order valence-electron chi connectivity index (χ0n) is 15.1. The lowest BCUT2D eigenvalue weighted by molar-refractivity contribution is -0.132. The molecule has 1 aromatic heterocycles. The molecule has 1 atom stereocenters. The summed E-state index contributed by atoms with van der Waals surface area (Å²) >= 11 is 1.54. The van der Waals surface area contributed by atoms with Gasteiger partial charge in [0.15, 0.2) is 5.16 Å². The smallest absolute Gasteiger partial charge is 0.233 e. The van der Waals surface area contributed by atoms with Gasteiger partial charge in [-0.25, -0.2) is 4.98 Å². The van der Waals surface area contributed by atoms with Crippen molar-refractivity contribution in [1.82, 2.24) is 14.5 Å². The van der Waals surface area contributed by atoms with Gasteiger partial charge in [0.25, 0.3) is 0 Å². The average Bonchev–Trinajstić information content (AvgIpc) is 3.01. The van der Waals surface area contributed by atoms with Gasteiger partial charge in [0.05, 0.1) is 23.4 Å². The fraction of sp³-hybridized carbons (Fsp3) is 0.579. The number of fused-ring (bicyclic) bond motifs is 1. The van der Waals surface area contributed by atoms with Crippen LogP contribution in [0.5, 0.6) is 0 Å². The highest BCUT2D eigenvalue weighted by atomic mass is 32.2. The molecule has 1 aliphatic rings. The van der Waals surface area contributed by atoms with E-state index in [4.69, 9.17) is 9.72 Å². The second kappa shape index (κ2) is 8.72. The van der Waals surface area contributed by atoms with E-state index in [1.54, 1.807) is 18.9 Å². The quantitative estimate of drug-likeness (QED) is 0.708. The second-order valence-electron chi connectivity index (χ2n) is 6.46. The van der Waals surface area contributed by atoms with Crippen LogP contribution in [0.1, 0.15) is 32.6 Å². The fourth-order valence-corrected chi connectivity index (χ4v) is 4.45. The summed E-state index contributed by atoms with van der Waals surface area (Å²) in [6.07, 6.45) is 4.55. The maximum atomic E-state index is 12.7. The molecule has 136 valence electrons. The Hall–Kier alpha value is -1.53. The Labute approximate surface area is 153 Å². The summed E-state index contributed by atoms with van der Waals surface area (Å²) in [6, 6.07) is 8.51. The first-order valence-corrected chi connectivity index (χ1v) is 10.1. The maximum absolute atomic E-state index is 12.7. The highest BCUT2D eigenvalue weighted by molar-refractivity contribution is 7.99. The van der Waals surface area contributed by atoms with Gasteiger partial charge in [-0.2, -0.15) is 0 Å². The van der Waals surface area contributed by atoms with Crippen molar-refractivity contribution in [2.24, 2.45) is 0 Å². The summed E-state index contributed by atoms with van der Waals surface area (Å²) in [4.78, 5) is 19.5. The summed E-state index contributed by atoms with van der Waals surface area (Å²) in [7, 11) is 1.71. The predicted molar refractivity (Wildman–Crippen MR) is 102 cm³/mol. The molecule has 1 fully saturated rings. The molecule has 2 heterocycles. The first kappa shape index (κ1) is 18.3. The van der Waals surface area contributed by atoms with Gasteiger partial charge >= 0.3 is 0 Å². The highest BCUT2D eigenvalue weighted by Gasteiger charge is 2.25. The van der Waals surface area contributed by atoms with Gasteiger partial charge in [0, 0.05) is 26.2 Å². The number of amides is 1. The number of para-hydroxylation sites is 2. The van der Waals surface area contributed by atoms with E-state index in [-0.39, 0.29) is 5.91 Å². The Kier molecular flexibility index (Phi) is 6.37. The molecule has 1 unspecified atom stereocenters. The Morgan fingerprint density at radius 1 is 1.36 bits per heavy atom. The first-order valence-electron chi connectivity index (χ1n) is 9.11. The molecule has 1 aliphatic heterocycles. The Balaban J connectivity index is 1.72. The highest BCUT2D eigenvalue weighted by Crippen LogP contribution is 2.26. The summed E-state index contributed by atoms with van der Waals surface area (Å²) in [5.74, 6) is 0.689. The molecule has 0 bridgehead atoms. The molecule has 6 heteroatoms. The Bertz CT molecular complexity index is 716. The van der Waals surface area contributed by atoms with E-state index in [2.05, 4.69) is 22.5 Å². The number of carbonyl (C=O) groups excluding carboxylic acids is 1. The number of hydrogen-bond acceptors (Lipinski definition) is 4. The van der Waals surface area contributed by atoms with E-state index in [1.807, 2.05) is 18.2 Å². The van der Waals surface area contributed by atoms with Crippen molar-refractivity contribution in [2.75, 3.05) is 26.0 Å². The molecular formula is C19H27N3O2S. The molecule has 2 aromatic rings. The number of aromatic nitrogens is 2. The molecule has 3 rings (SSSR count). The number of imidazole rings is 1. The fourth-order valence-electron chi connectivity index (χ4n) is 3.52. The van der Waals surface area contributed by atoms with Crippen LogP contribution in [0.15, 0.2) is 29.4 Å². The van der Waals surface area contributed by atoms with Crippen molar-refractivity contribution in [2.45, 2.75) is 50.4 Å². The first-order chi connectivity index (χ1) is 12.2. The van der Waals surface area contributed by atoms with Crippen LogP contribution in [0.4, 0.5) is 0 Å². The number of rotatable bonds is 7. The standard InChI is InChI=1S/C19H27N3O2S/c1-3-15-8-6-7-11-21(15)18(23)14-25-19-20-16-9-4-5-10-17(16)22(19)12-13-24-2/h4-5,9-10,15H,3,6-8,11-14H2,1-2H3. The number of ether oxygens (including phenoxy) is 1. The minimum atomic E-state index is 0.238. The van der Waals surface area contributed by atoms with Crippen LogP contribution in [-0.4, -0.2) is 52.4 Å². The third-order valence-corrected chi connectivity index (χ3v) is 5.84. The molecule has 25 heavy (non-hydrogen) atoms. The number of piperidine rings is 1. The van der Waals surface area contributed by atoms with Crippen molar-refractivity contribution in [3.63, 3.8) is 0 Å². The summed E-state index contributed by atoms with van der Waals surface area (Å²) in [6.45, 7) is 4.45. The van der Waals surface area contributed by atoms with Gasteiger partial charge in [-0.05, 0) is 37.8 Å². The molecule has 0 N–H and O–H groups in total. The lowest BCUT2D eigenvalue weighted by Gasteiger charge is -2.35. The Morgan fingerprint density at radius 3 is 3.00 bits per heavy atom. The number of benzene rings is 1. The molecule has 0 spiro atoms. The SMILES string of the molecule is CCC1CCCCN1C(=O)CSc1nc2ccccc2n1CCOC. The predicted octanol–water partition coefficient (Wildman–Crippen LogP) is 3.57. The molecule has 0 radical (unpaired) electrons. The van der Waals surface area contributed by atoms with Crippen molar-refractivity contribution in [3.8, 4) is 0 Å². The second-order valence-corrected chi connectivity index (χ2v) is 7.40. The van der Waals surface area contributed by atoms with E-state index in [0.29, 0.717) is 18.4 Å². The number of thioether (sulfide) groups is 1. The van der Waals surface area contributed by atoms with E-state index in [1.165, 1.54) is 6.42 Å². The third-order valence-electron chi connectivity index (χ3n) is 4.88. The van der Waals surface area contributed by atoms with E-state index in [0.717, 1.165) is 48.5 Å². The van der Waals surface area contributed by atoms with Crippen LogP contribution in [0.2, 0.25) is 0 Å². The van der Waals surface area contributed by atoms with Gasteiger partial charge in [-0.1, -0.05) is 30.8 Å². The van der Waals surface area contributed by atoms with Crippen LogP contribution in [0.3, 0.4) is 0 Å². The third kappa shape index (κ3) is 4.18. The number of hydrogen-bond donors (Lipinski definition) is 0. The van der Waals surface area contributed by atoms with Crippen LogP contribution in [0.25, 0.3) is 11.0 Å². The van der Waals surface area contributed by atoms with E-state index < -0.39 is 0 Å². The number of carbonyl (C=O) groups is 1. The number of nitrogens with zero attached hydrogens (tertiary/aromatic N) is 3. The Morgan fingerprint density at radius 2 is 2.20 bits per heavy atom. The molecule has 1 aromatic carbocycles. The molecule has 0 saturated carbocycles. The van der Waals surface area contributed by atoms with Gasteiger partial charge in [-0.3, -0.25) is 4.79 Å². The summed E-state index contributed by atoms with van der Waals surface area (Å²) in [5.41, 5.74) is 2.07. The van der Waals surface area contributed by atoms with Crippen LogP contribution in [-0.2, 0) is 16.1 Å². The number of methoxy groups -OCH3 is 1. The monoisotopic (exact) mass is 361 g/mol. The molecular weight excluding hydrogens is 334 g/mol. The molecule has 1 saturated heterocycles. The zero-order chi connectivity index (χ0) is 17.6. The minimum Gasteiger partial charge on any atom is -0.383 e. The van der Waals surface area contributed by atoms with Gasteiger partial charge < -0.3 is 14.2 Å². The van der Waals surface area contributed by atoms with Crippen LogP contribution < -0.4 is 0 Å². The van der Waals surface area contributed by atoms with Crippen LogP contribution in [0, 0.1) is 0 Å². The largest absolute Gasteiger partial charge is 0.383 e. The van der Waals surface area contributed by atoms with Gasteiger partial charge in [-0.15, -0.1) is 0 Å². The maximum Gasteiger partial charge on any atom is 0.233 e. The average molecular weight is 362 g/mol. The topological polar surface area (TPSA) is 47.4 Å².